The van der Waals surface area contributed by atoms with Crippen LogP contribution in [0.2, 0.25) is 0 Å². The molecule has 1 aromatic rings. The molecule has 1 fully saturated rings. The first-order valence-corrected chi connectivity index (χ1v) is 8.96. The first-order valence-electron chi connectivity index (χ1n) is 7.52. The highest BCUT2D eigenvalue weighted by Gasteiger charge is 2.31. The van der Waals surface area contributed by atoms with Gasteiger partial charge in [0.15, 0.2) is 5.84 Å². The molecule has 21 heavy (non-hydrogen) atoms. The van der Waals surface area contributed by atoms with Crippen molar-refractivity contribution >= 4 is 15.9 Å². The van der Waals surface area contributed by atoms with Gasteiger partial charge in [0, 0.05) is 18.7 Å². The molecule has 2 aliphatic heterocycles. The molecular formula is C15H21N3O2S. The van der Waals surface area contributed by atoms with Gasteiger partial charge in [-0.1, -0.05) is 12.1 Å². The van der Waals surface area contributed by atoms with Crippen molar-refractivity contribution < 1.29 is 8.42 Å². The first kappa shape index (κ1) is 14.5. The van der Waals surface area contributed by atoms with Crippen molar-refractivity contribution in [3.05, 3.63) is 29.8 Å². The summed E-state index contributed by atoms with van der Waals surface area (Å²) in [6.45, 7) is 5.79. The first-order chi connectivity index (χ1) is 10.1. The number of rotatable bonds is 3. The summed E-state index contributed by atoms with van der Waals surface area (Å²) in [5, 5.41) is 3.36. The highest BCUT2D eigenvalue weighted by Crippen LogP contribution is 2.28. The van der Waals surface area contributed by atoms with E-state index in [9.17, 15) is 8.42 Å². The van der Waals surface area contributed by atoms with E-state index in [1.807, 2.05) is 12.1 Å². The standard InChI is InChI=1S/C15H21N3O2S/c1-2-18(11-12-7-9-16-10-8-12)15-13-5-3-4-6-14(13)21(19,20)17-15/h3-6,12,16H,2,7-11H2,1H3. The lowest BCUT2D eigenvalue weighted by Crippen LogP contribution is -2.39. The molecule has 114 valence electrons. The Morgan fingerprint density at radius 2 is 2.00 bits per heavy atom. The van der Waals surface area contributed by atoms with Crippen LogP contribution in [0.5, 0.6) is 0 Å². The SMILES string of the molecule is CCN(CC1CCNCC1)C1=NS(=O)(=O)c2ccccc21. The molecule has 0 spiro atoms. The second-order valence-electron chi connectivity index (χ2n) is 5.62. The van der Waals surface area contributed by atoms with E-state index in [-0.39, 0.29) is 0 Å². The summed E-state index contributed by atoms with van der Waals surface area (Å²) in [6.07, 6.45) is 2.27. The molecule has 1 N–H and O–H groups in total. The van der Waals surface area contributed by atoms with E-state index < -0.39 is 10.0 Å². The van der Waals surface area contributed by atoms with Gasteiger partial charge in [-0.25, -0.2) is 0 Å². The summed E-state index contributed by atoms with van der Waals surface area (Å²) in [6, 6.07) is 7.11. The number of hydrogen-bond acceptors (Lipinski definition) is 4. The number of sulfonamides is 1. The maximum absolute atomic E-state index is 12.2. The van der Waals surface area contributed by atoms with Crippen LogP contribution in [0.1, 0.15) is 25.3 Å². The summed E-state index contributed by atoms with van der Waals surface area (Å²) in [7, 11) is -3.52. The van der Waals surface area contributed by atoms with Gasteiger partial charge in [0.25, 0.3) is 10.0 Å². The van der Waals surface area contributed by atoms with Crippen molar-refractivity contribution in [1.82, 2.24) is 10.2 Å². The lowest BCUT2D eigenvalue weighted by molar-refractivity contribution is 0.290. The van der Waals surface area contributed by atoms with Crippen LogP contribution in [-0.4, -0.2) is 45.3 Å². The predicted octanol–water partition coefficient (Wildman–Crippen LogP) is 1.46. The Bertz CT molecular complexity index is 649. The Hall–Kier alpha value is -1.40. The zero-order valence-corrected chi connectivity index (χ0v) is 13.1. The van der Waals surface area contributed by atoms with Crippen molar-refractivity contribution in [1.29, 1.82) is 0 Å². The second kappa shape index (κ2) is 5.77. The predicted molar refractivity (Wildman–Crippen MR) is 83.0 cm³/mol. The van der Waals surface area contributed by atoms with Crippen molar-refractivity contribution in [3.8, 4) is 0 Å². The minimum absolute atomic E-state index is 0.337. The maximum atomic E-state index is 12.2. The lowest BCUT2D eigenvalue weighted by Gasteiger charge is -2.30. The highest BCUT2D eigenvalue weighted by atomic mass is 32.2. The average Bonchev–Trinajstić information content (AvgIpc) is 2.78. The Morgan fingerprint density at radius 1 is 1.29 bits per heavy atom. The average molecular weight is 307 g/mol. The summed E-state index contributed by atoms with van der Waals surface area (Å²) in [5.41, 5.74) is 0.744. The maximum Gasteiger partial charge on any atom is 0.285 e. The van der Waals surface area contributed by atoms with Crippen molar-refractivity contribution in [3.63, 3.8) is 0 Å². The molecule has 1 aromatic carbocycles. The monoisotopic (exact) mass is 307 g/mol. The summed E-state index contributed by atoms with van der Waals surface area (Å²) in [4.78, 5) is 2.45. The zero-order valence-electron chi connectivity index (χ0n) is 12.2. The highest BCUT2D eigenvalue weighted by molar-refractivity contribution is 7.90. The fraction of sp³-hybridized carbons (Fsp3) is 0.533. The summed E-state index contributed by atoms with van der Waals surface area (Å²) >= 11 is 0. The number of benzene rings is 1. The topological polar surface area (TPSA) is 61.8 Å². The molecular weight excluding hydrogens is 286 g/mol. The van der Waals surface area contributed by atoms with Gasteiger partial charge >= 0.3 is 0 Å². The number of nitrogens with one attached hydrogen (secondary N) is 1. The molecule has 0 aromatic heterocycles. The molecule has 0 atom stereocenters. The fourth-order valence-electron chi connectivity index (χ4n) is 3.06. The van der Waals surface area contributed by atoms with Gasteiger partial charge in [0.2, 0.25) is 0 Å². The number of fused-ring (bicyclic) bond motifs is 1. The van der Waals surface area contributed by atoms with E-state index in [0.717, 1.165) is 44.6 Å². The number of hydrogen-bond donors (Lipinski definition) is 1. The van der Waals surface area contributed by atoms with Crippen LogP contribution < -0.4 is 5.32 Å². The van der Waals surface area contributed by atoms with E-state index >= 15 is 0 Å². The smallest absolute Gasteiger partial charge is 0.285 e. The molecule has 2 heterocycles. The zero-order chi connectivity index (χ0) is 14.9. The Balaban J connectivity index is 1.87. The van der Waals surface area contributed by atoms with Crippen molar-refractivity contribution in [2.75, 3.05) is 26.2 Å². The van der Waals surface area contributed by atoms with Gasteiger partial charge in [0.05, 0.1) is 0 Å². The van der Waals surface area contributed by atoms with Crippen LogP contribution >= 0.6 is 0 Å². The van der Waals surface area contributed by atoms with Crippen LogP contribution in [0.15, 0.2) is 33.6 Å². The van der Waals surface area contributed by atoms with E-state index in [1.165, 1.54) is 0 Å². The van der Waals surface area contributed by atoms with Gasteiger partial charge in [-0.15, -0.1) is 4.40 Å². The summed E-state index contributed by atoms with van der Waals surface area (Å²) < 4.78 is 28.3. The normalized spacial score (nSPS) is 20.9. The number of amidine groups is 1. The Labute approximate surface area is 126 Å². The molecule has 0 aliphatic carbocycles. The van der Waals surface area contributed by atoms with E-state index in [0.29, 0.717) is 16.6 Å². The van der Waals surface area contributed by atoms with Crippen LogP contribution in [0.4, 0.5) is 0 Å². The van der Waals surface area contributed by atoms with Gasteiger partial charge < -0.3 is 10.2 Å². The van der Waals surface area contributed by atoms with Crippen LogP contribution in [-0.2, 0) is 10.0 Å². The molecule has 0 amide bonds. The lowest BCUT2D eigenvalue weighted by atomic mass is 9.97. The molecule has 0 saturated carbocycles. The van der Waals surface area contributed by atoms with Gasteiger partial charge in [-0.05, 0) is 50.9 Å². The van der Waals surface area contributed by atoms with Crippen LogP contribution in [0.3, 0.4) is 0 Å². The van der Waals surface area contributed by atoms with E-state index in [2.05, 4.69) is 21.5 Å². The second-order valence-corrected chi connectivity index (χ2v) is 7.19. The van der Waals surface area contributed by atoms with Gasteiger partial charge in [-0.3, -0.25) is 0 Å². The van der Waals surface area contributed by atoms with E-state index in [4.69, 9.17) is 0 Å². The molecule has 0 unspecified atom stereocenters. The molecule has 5 nitrogen and oxygen atoms in total. The third-order valence-corrected chi connectivity index (χ3v) is 5.56. The molecule has 0 bridgehead atoms. The molecule has 3 rings (SSSR count). The number of piperidine rings is 1. The third kappa shape index (κ3) is 2.82. The minimum atomic E-state index is -3.52. The quantitative estimate of drug-likeness (QED) is 0.918. The summed E-state index contributed by atoms with van der Waals surface area (Å²) in [5.74, 6) is 1.22. The van der Waals surface area contributed by atoms with Gasteiger partial charge in [-0.2, -0.15) is 8.42 Å². The van der Waals surface area contributed by atoms with Gasteiger partial charge in [0.1, 0.15) is 4.90 Å². The molecule has 1 saturated heterocycles. The molecule has 6 heteroatoms. The number of nitrogens with zero attached hydrogens (tertiary/aromatic N) is 2. The Morgan fingerprint density at radius 3 is 2.71 bits per heavy atom. The fourth-order valence-corrected chi connectivity index (χ4v) is 4.29. The van der Waals surface area contributed by atoms with E-state index in [1.54, 1.807) is 12.1 Å². The minimum Gasteiger partial charge on any atom is -0.355 e. The van der Waals surface area contributed by atoms with Crippen molar-refractivity contribution in [2.24, 2.45) is 10.3 Å². The molecule has 2 aliphatic rings. The van der Waals surface area contributed by atoms with Crippen LogP contribution in [0.25, 0.3) is 0 Å². The molecule has 0 radical (unpaired) electrons. The van der Waals surface area contributed by atoms with Crippen molar-refractivity contribution in [2.45, 2.75) is 24.7 Å². The Kier molecular flexibility index (Phi) is 3.99. The third-order valence-electron chi connectivity index (χ3n) is 4.23. The van der Waals surface area contributed by atoms with Crippen LogP contribution in [0, 0.1) is 5.92 Å². The largest absolute Gasteiger partial charge is 0.355 e.